The second kappa shape index (κ2) is 6.92. The number of amides is 1. The van der Waals surface area contributed by atoms with Gasteiger partial charge in [-0.15, -0.1) is 0 Å². The van der Waals surface area contributed by atoms with E-state index in [0.717, 1.165) is 0 Å². The summed E-state index contributed by atoms with van der Waals surface area (Å²) in [6.45, 7) is 7.12. The molecule has 112 valence electrons. The monoisotopic (exact) mass is 347 g/mol. The molecular weight excluding hydrogens is 329 g/mol. The number of benzene rings is 1. The molecule has 1 atom stereocenters. The molecule has 0 saturated heterocycles. The Morgan fingerprint density at radius 2 is 2.10 bits per heavy atom. The zero-order valence-corrected chi connectivity index (χ0v) is 13.6. The minimum atomic E-state index is -0.659. The Labute approximate surface area is 126 Å². The van der Waals surface area contributed by atoms with E-state index < -0.39 is 23.7 Å². The average molecular weight is 348 g/mol. The van der Waals surface area contributed by atoms with E-state index in [1.807, 2.05) is 6.92 Å². The molecule has 0 heterocycles. The Morgan fingerprint density at radius 3 is 2.65 bits per heavy atom. The number of ether oxygens (including phenoxy) is 2. The number of hydrogen-bond donors (Lipinski definition) is 1. The Balaban J connectivity index is 2.68. The van der Waals surface area contributed by atoms with Crippen LogP contribution in [-0.4, -0.2) is 17.9 Å². The first-order valence-corrected chi connectivity index (χ1v) is 7.12. The first kappa shape index (κ1) is 16.8. The fourth-order valence-electron chi connectivity index (χ4n) is 1.38. The third-order valence-electron chi connectivity index (χ3n) is 2.23. The number of carbonyl (C=O) groups is 1. The Morgan fingerprint density at radius 1 is 1.45 bits per heavy atom. The molecule has 0 aliphatic heterocycles. The van der Waals surface area contributed by atoms with Gasteiger partial charge in [-0.05, 0) is 48.8 Å². The van der Waals surface area contributed by atoms with Crippen LogP contribution in [0.3, 0.4) is 0 Å². The third kappa shape index (κ3) is 5.36. The van der Waals surface area contributed by atoms with Crippen LogP contribution in [-0.2, 0) is 4.74 Å². The highest BCUT2D eigenvalue weighted by Gasteiger charge is 2.20. The number of hydrogen-bond acceptors (Lipinski definition) is 3. The van der Waals surface area contributed by atoms with Crippen molar-refractivity contribution in [3.05, 3.63) is 28.5 Å². The molecule has 0 aliphatic carbocycles. The first-order chi connectivity index (χ1) is 9.23. The van der Waals surface area contributed by atoms with E-state index in [1.165, 1.54) is 6.07 Å². The van der Waals surface area contributed by atoms with E-state index in [4.69, 9.17) is 9.47 Å². The van der Waals surface area contributed by atoms with Crippen LogP contribution in [0.2, 0.25) is 0 Å². The standard InChI is InChI=1S/C14H19BrFNO3/c1-5-11(17-13(18)20-14(2,3)4)19-10-8-6-7-9(15)12(10)16/h6-8,11H,5H2,1-4H3,(H,17,18). The van der Waals surface area contributed by atoms with Crippen LogP contribution in [0.5, 0.6) is 5.75 Å². The summed E-state index contributed by atoms with van der Waals surface area (Å²) < 4.78 is 24.7. The number of nitrogens with one attached hydrogen (secondary N) is 1. The number of rotatable bonds is 4. The molecule has 4 nitrogen and oxygen atoms in total. The van der Waals surface area contributed by atoms with Crippen molar-refractivity contribution in [2.24, 2.45) is 0 Å². The van der Waals surface area contributed by atoms with E-state index in [1.54, 1.807) is 32.9 Å². The zero-order valence-electron chi connectivity index (χ0n) is 12.0. The quantitative estimate of drug-likeness (QED) is 0.829. The second-order valence-electron chi connectivity index (χ2n) is 5.21. The summed E-state index contributed by atoms with van der Waals surface area (Å²) in [5.41, 5.74) is -0.594. The van der Waals surface area contributed by atoms with Gasteiger partial charge in [0.05, 0.1) is 4.47 Å². The number of carbonyl (C=O) groups excluding carboxylic acids is 1. The fraction of sp³-hybridized carbons (Fsp3) is 0.500. The summed E-state index contributed by atoms with van der Waals surface area (Å²) in [6.07, 6.45) is -0.779. The molecule has 0 bridgehead atoms. The van der Waals surface area contributed by atoms with Gasteiger partial charge in [0.25, 0.3) is 0 Å². The average Bonchev–Trinajstić information content (AvgIpc) is 2.31. The van der Waals surface area contributed by atoms with Crippen LogP contribution in [0.15, 0.2) is 22.7 Å². The highest BCUT2D eigenvalue weighted by Crippen LogP contribution is 2.25. The van der Waals surface area contributed by atoms with Crippen molar-refractivity contribution in [3.8, 4) is 5.75 Å². The van der Waals surface area contributed by atoms with Crippen LogP contribution < -0.4 is 10.1 Å². The van der Waals surface area contributed by atoms with Crippen molar-refractivity contribution >= 4 is 22.0 Å². The SMILES string of the molecule is CCC(NC(=O)OC(C)(C)C)Oc1cccc(Br)c1F. The fourth-order valence-corrected chi connectivity index (χ4v) is 1.73. The van der Waals surface area contributed by atoms with Gasteiger partial charge in [-0.25, -0.2) is 9.18 Å². The minimum Gasteiger partial charge on any atom is -0.467 e. The maximum atomic E-state index is 13.8. The zero-order chi connectivity index (χ0) is 15.3. The van der Waals surface area contributed by atoms with Crippen LogP contribution in [0.1, 0.15) is 34.1 Å². The molecule has 1 unspecified atom stereocenters. The van der Waals surface area contributed by atoms with Gasteiger partial charge in [-0.3, -0.25) is 5.32 Å². The summed E-state index contributed by atoms with van der Waals surface area (Å²) in [5.74, 6) is -0.431. The van der Waals surface area contributed by atoms with Crippen LogP contribution in [0, 0.1) is 5.82 Å². The summed E-state index contributed by atoms with van der Waals surface area (Å²) in [7, 11) is 0. The van der Waals surface area contributed by atoms with Crippen LogP contribution in [0.4, 0.5) is 9.18 Å². The van der Waals surface area contributed by atoms with Crippen molar-refractivity contribution in [1.29, 1.82) is 0 Å². The smallest absolute Gasteiger partial charge is 0.410 e. The number of alkyl carbamates (subject to hydrolysis) is 1. The maximum absolute atomic E-state index is 13.8. The normalized spacial score (nSPS) is 12.7. The Kier molecular flexibility index (Phi) is 5.80. The van der Waals surface area contributed by atoms with Gasteiger partial charge >= 0.3 is 6.09 Å². The van der Waals surface area contributed by atoms with E-state index >= 15 is 0 Å². The molecule has 1 aromatic carbocycles. The summed E-state index contributed by atoms with van der Waals surface area (Å²) in [6, 6.07) is 4.73. The molecule has 1 aromatic rings. The Hall–Kier alpha value is -1.30. The largest absolute Gasteiger partial charge is 0.467 e. The van der Waals surface area contributed by atoms with Gasteiger partial charge in [0.1, 0.15) is 5.60 Å². The number of halogens is 2. The summed E-state index contributed by atoms with van der Waals surface area (Å²) in [4.78, 5) is 11.7. The second-order valence-corrected chi connectivity index (χ2v) is 6.07. The molecule has 0 fully saturated rings. The molecule has 1 N–H and O–H groups in total. The van der Waals surface area contributed by atoms with Crippen molar-refractivity contribution in [2.45, 2.75) is 45.9 Å². The molecule has 1 amide bonds. The molecule has 1 rings (SSSR count). The van der Waals surface area contributed by atoms with E-state index in [-0.39, 0.29) is 5.75 Å². The highest BCUT2D eigenvalue weighted by atomic mass is 79.9. The van der Waals surface area contributed by atoms with Crippen LogP contribution in [0.25, 0.3) is 0 Å². The van der Waals surface area contributed by atoms with Gasteiger partial charge in [-0.2, -0.15) is 0 Å². The van der Waals surface area contributed by atoms with Gasteiger partial charge in [0.15, 0.2) is 17.8 Å². The lowest BCUT2D eigenvalue weighted by Gasteiger charge is -2.23. The van der Waals surface area contributed by atoms with Gasteiger partial charge < -0.3 is 9.47 Å². The lowest BCUT2D eigenvalue weighted by Crippen LogP contribution is -2.41. The van der Waals surface area contributed by atoms with Crippen molar-refractivity contribution in [2.75, 3.05) is 0 Å². The Bertz CT molecular complexity index is 474. The molecule has 6 heteroatoms. The van der Waals surface area contributed by atoms with E-state index in [2.05, 4.69) is 21.2 Å². The van der Waals surface area contributed by atoms with Crippen molar-refractivity contribution in [3.63, 3.8) is 0 Å². The highest BCUT2D eigenvalue weighted by molar-refractivity contribution is 9.10. The molecular formula is C14H19BrFNO3. The summed E-state index contributed by atoms with van der Waals surface area (Å²) >= 11 is 3.08. The molecule has 0 aliphatic rings. The van der Waals surface area contributed by atoms with Crippen LogP contribution >= 0.6 is 15.9 Å². The molecule has 0 spiro atoms. The molecule has 20 heavy (non-hydrogen) atoms. The first-order valence-electron chi connectivity index (χ1n) is 6.33. The van der Waals surface area contributed by atoms with Gasteiger partial charge in [0.2, 0.25) is 0 Å². The van der Waals surface area contributed by atoms with E-state index in [9.17, 15) is 9.18 Å². The van der Waals surface area contributed by atoms with Crippen molar-refractivity contribution in [1.82, 2.24) is 5.32 Å². The van der Waals surface area contributed by atoms with Crippen molar-refractivity contribution < 1.29 is 18.7 Å². The predicted octanol–water partition coefficient (Wildman–Crippen LogP) is 4.23. The van der Waals surface area contributed by atoms with Gasteiger partial charge in [-0.1, -0.05) is 13.0 Å². The summed E-state index contributed by atoms with van der Waals surface area (Å²) in [5, 5.41) is 2.55. The third-order valence-corrected chi connectivity index (χ3v) is 2.85. The topological polar surface area (TPSA) is 47.6 Å². The molecule has 0 radical (unpaired) electrons. The predicted molar refractivity (Wildman–Crippen MR) is 78.2 cm³/mol. The van der Waals surface area contributed by atoms with Gasteiger partial charge in [0, 0.05) is 6.42 Å². The lowest BCUT2D eigenvalue weighted by molar-refractivity contribution is 0.0384. The molecule has 0 saturated carbocycles. The molecule has 0 aromatic heterocycles. The lowest BCUT2D eigenvalue weighted by atomic mass is 10.2. The minimum absolute atomic E-state index is 0.0716. The van der Waals surface area contributed by atoms with E-state index in [0.29, 0.717) is 10.9 Å². The maximum Gasteiger partial charge on any atom is 0.410 e.